The zero-order valence-electron chi connectivity index (χ0n) is 13.2. The maximum Gasteiger partial charge on any atom is 0.221 e. The Kier molecular flexibility index (Phi) is 4.62. The van der Waals surface area contributed by atoms with Gasteiger partial charge in [0.1, 0.15) is 11.8 Å². The Hall–Kier alpha value is -2.61. The molecule has 0 saturated heterocycles. The van der Waals surface area contributed by atoms with Crippen LogP contribution in [0.4, 0.5) is 5.69 Å². The zero-order chi connectivity index (χ0) is 16.3. The van der Waals surface area contributed by atoms with Gasteiger partial charge in [-0.15, -0.1) is 0 Å². The first-order valence-electron chi connectivity index (χ1n) is 7.20. The highest BCUT2D eigenvalue weighted by atomic mass is 16.5. The molecule has 2 aromatic rings. The lowest BCUT2D eigenvalue weighted by Crippen LogP contribution is -2.10. The lowest BCUT2D eigenvalue weighted by atomic mass is 9.92. The normalized spacial score (nSPS) is 11.8. The average molecular weight is 297 g/mol. The number of carbonyl (C=O) groups is 1. The van der Waals surface area contributed by atoms with Gasteiger partial charge in [-0.2, -0.15) is 5.26 Å². The van der Waals surface area contributed by atoms with E-state index in [1.807, 2.05) is 0 Å². The zero-order valence-corrected chi connectivity index (χ0v) is 13.2. The van der Waals surface area contributed by atoms with E-state index in [9.17, 15) is 10.1 Å². The van der Waals surface area contributed by atoms with Gasteiger partial charge in [-0.05, 0) is 24.0 Å². The van der Waals surface area contributed by atoms with Crippen molar-refractivity contribution in [2.45, 2.75) is 33.1 Å². The average Bonchev–Trinajstić information content (AvgIpc) is 2.52. The van der Waals surface area contributed by atoms with E-state index in [2.05, 4.69) is 30.2 Å². The van der Waals surface area contributed by atoms with E-state index in [4.69, 9.17) is 4.74 Å². The van der Waals surface area contributed by atoms with Crippen LogP contribution in [0, 0.1) is 11.3 Å². The standard InChI is InChI=1S/C17H19N3O2/c1-5-10(2)17-13-6-12(8-18)16(22-4)7-14(13)19-9-15(17)20-11(3)21/h6-7,9-10H,5H2,1-4H3,(H,20,21). The Morgan fingerprint density at radius 3 is 2.77 bits per heavy atom. The smallest absolute Gasteiger partial charge is 0.221 e. The van der Waals surface area contributed by atoms with E-state index >= 15 is 0 Å². The molecule has 0 aliphatic heterocycles. The van der Waals surface area contributed by atoms with E-state index in [1.54, 1.807) is 18.3 Å². The van der Waals surface area contributed by atoms with Crippen LogP contribution >= 0.6 is 0 Å². The minimum absolute atomic E-state index is 0.139. The predicted octanol–water partition coefficient (Wildman–Crippen LogP) is 3.59. The minimum atomic E-state index is -0.139. The first kappa shape index (κ1) is 15.8. The van der Waals surface area contributed by atoms with Gasteiger partial charge in [-0.1, -0.05) is 13.8 Å². The second-order valence-corrected chi connectivity index (χ2v) is 5.26. The Morgan fingerprint density at radius 2 is 2.23 bits per heavy atom. The third-order valence-electron chi connectivity index (χ3n) is 3.77. The summed E-state index contributed by atoms with van der Waals surface area (Å²) >= 11 is 0. The van der Waals surface area contributed by atoms with Crippen LogP contribution in [0.15, 0.2) is 18.3 Å². The number of ether oxygens (including phenoxy) is 1. The number of nitrogens with zero attached hydrogens (tertiary/aromatic N) is 2. The molecule has 22 heavy (non-hydrogen) atoms. The molecule has 1 aromatic carbocycles. The van der Waals surface area contributed by atoms with Crippen LogP contribution in [0.3, 0.4) is 0 Å². The van der Waals surface area contributed by atoms with E-state index in [1.165, 1.54) is 14.0 Å². The summed E-state index contributed by atoms with van der Waals surface area (Å²) in [6.45, 7) is 5.65. The van der Waals surface area contributed by atoms with Crippen LogP contribution in [0.25, 0.3) is 10.9 Å². The largest absolute Gasteiger partial charge is 0.495 e. The van der Waals surface area contributed by atoms with Crippen molar-refractivity contribution in [3.63, 3.8) is 0 Å². The summed E-state index contributed by atoms with van der Waals surface area (Å²) in [6.07, 6.45) is 2.58. The lowest BCUT2D eigenvalue weighted by molar-refractivity contribution is -0.114. The highest BCUT2D eigenvalue weighted by molar-refractivity contribution is 5.95. The number of pyridine rings is 1. The predicted molar refractivity (Wildman–Crippen MR) is 86.0 cm³/mol. The molecule has 1 amide bonds. The third-order valence-corrected chi connectivity index (χ3v) is 3.77. The summed E-state index contributed by atoms with van der Waals surface area (Å²) < 4.78 is 5.23. The second kappa shape index (κ2) is 6.44. The molecule has 0 radical (unpaired) electrons. The minimum Gasteiger partial charge on any atom is -0.495 e. The summed E-state index contributed by atoms with van der Waals surface area (Å²) in [5.74, 6) is 0.594. The van der Waals surface area contributed by atoms with Crippen molar-refractivity contribution < 1.29 is 9.53 Å². The molecule has 0 saturated carbocycles. The Morgan fingerprint density at radius 1 is 1.50 bits per heavy atom. The molecule has 114 valence electrons. The van der Waals surface area contributed by atoms with E-state index in [0.717, 1.165) is 22.9 Å². The fraction of sp³-hybridized carbons (Fsp3) is 0.353. The molecule has 1 aromatic heterocycles. The molecule has 0 bridgehead atoms. The van der Waals surface area contributed by atoms with Crippen molar-refractivity contribution in [3.8, 4) is 11.8 Å². The molecule has 1 heterocycles. The summed E-state index contributed by atoms with van der Waals surface area (Å²) in [5.41, 5.74) is 2.91. The molecule has 0 spiro atoms. The fourth-order valence-electron chi connectivity index (χ4n) is 2.52. The third kappa shape index (κ3) is 2.86. The van der Waals surface area contributed by atoms with Crippen LogP contribution in [0.5, 0.6) is 5.75 Å². The van der Waals surface area contributed by atoms with Crippen molar-refractivity contribution in [2.75, 3.05) is 12.4 Å². The molecule has 1 unspecified atom stereocenters. The van der Waals surface area contributed by atoms with E-state index in [-0.39, 0.29) is 11.8 Å². The van der Waals surface area contributed by atoms with Gasteiger partial charge in [-0.25, -0.2) is 0 Å². The van der Waals surface area contributed by atoms with Gasteiger partial charge < -0.3 is 10.1 Å². The van der Waals surface area contributed by atoms with Crippen LogP contribution in [0.2, 0.25) is 0 Å². The fourth-order valence-corrected chi connectivity index (χ4v) is 2.52. The molecule has 0 aliphatic carbocycles. The topological polar surface area (TPSA) is 75.0 Å². The SMILES string of the molecule is CCC(C)c1c(NC(C)=O)cnc2cc(OC)c(C#N)cc12. The number of methoxy groups -OCH3 is 1. The molecule has 0 fully saturated rings. The van der Waals surface area contributed by atoms with Crippen LogP contribution in [-0.2, 0) is 4.79 Å². The molecular weight excluding hydrogens is 278 g/mol. The number of benzene rings is 1. The number of anilines is 1. The van der Waals surface area contributed by atoms with Gasteiger partial charge in [0.25, 0.3) is 0 Å². The Bertz CT molecular complexity index is 763. The number of fused-ring (bicyclic) bond motifs is 1. The van der Waals surface area contributed by atoms with Gasteiger partial charge in [0.05, 0.1) is 30.1 Å². The number of hydrogen-bond donors (Lipinski definition) is 1. The molecule has 5 heteroatoms. The summed E-state index contributed by atoms with van der Waals surface area (Å²) in [6, 6.07) is 5.69. The summed E-state index contributed by atoms with van der Waals surface area (Å²) in [7, 11) is 1.53. The number of nitriles is 1. The first-order valence-corrected chi connectivity index (χ1v) is 7.20. The first-order chi connectivity index (χ1) is 10.5. The monoisotopic (exact) mass is 297 g/mol. The Balaban J connectivity index is 2.79. The number of hydrogen-bond acceptors (Lipinski definition) is 4. The summed E-state index contributed by atoms with van der Waals surface area (Å²) in [5, 5.41) is 13.0. The van der Waals surface area contributed by atoms with Crippen molar-refractivity contribution in [1.29, 1.82) is 5.26 Å². The number of nitrogens with one attached hydrogen (secondary N) is 1. The number of amides is 1. The highest BCUT2D eigenvalue weighted by Crippen LogP contribution is 2.35. The van der Waals surface area contributed by atoms with Gasteiger partial charge in [0, 0.05) is 18.4 Å². The van der Waals surface area contributed by atoms with Crippen molar-refractivity contribution in [3.05, 3.63) is 29.5 Å². The lowest BCUT2D eigenvalue weighted by Gasteiger charge is -2.18. The van der Waals surface area contributed by atoms with Gasteiger partial charge >= 0.3 is 0 Å². The molecule has 2 rings (SSSR count). The van der Waals surface area contributed by atoms with E-state index in [0.29, 0.717) is 17.0 Å². The van der Waals surface area contributed by atoms with Crippen LogP contribution in [0.1, 0.15) is 44.2 Å². The van der Waals surface area contributed by atoms with Crippen molar-refractivity contribution in [2.24, 2.45) is 0 Å². The maximum atomic E-state index is 11.4. The molecule has 1 atom stereocenters. The molecular formula is C17H19N3O2. The highest BCUT2D eigenvalue weighted by Gasteiger charge is 2.17. The second-order valence-electron chi connectivity index (χ2n) is 5.26. The number of rotatable bonds is 4. The van der Waals surface area contributed by atoms with Crippen LogP contribution < -0.4 is 10.1 Å². The maximum absolute atomic E-state index is 11.4. The van der Waals surface area contributed by atoms with E-state index < -0.39 is 0 Å². The van der Waals surface area contributed by atoms with Gasteiger partial charge in [0.15, 0.2) is 0 Å². The molecule has 1 N–H and O–H groups in total. The number of aromatic nitrogens is 1. The van der Waals surface area contributed by atoms with Crippen molar-refractivity contribution in [1.82, 2.24) is 4.98 Å². The van der Waals surface area contributed by atoms with Crippen molar-refractivity contribution >= 4 is 22.5 Å². The van der Waals surface area contributed by atoms with Gasteiger partial charge in [0.2, 0.25) is 5.91 Å². The molecule has 0 aliphatic rings. The van der Waals surface area contributed by atoms with Crippen LogP contribution in [-0.4, -0.2) is 18.0 Å². The summed E-state index contributed by atoms with van der Waals surface area (Å²) in [4.78, 5) is 15.8. The quantitative estimate of drug-likeness (QED) is 0.935. The van der Waals surface area contributed by atoms with Gasteiger partial charge in [-0.3, -0.25) is 9.78 Å². The number of carbonyl (C=O) groups excluding carboxylic acids is 1. The molecule has 5 nitrogen and oxygen atoms in total. The Labute approximate surface area is 129 Å².